The molecular weight excluding hydrogens is 418 g/mol. The number of likely N-dealkylation sites (tertiary alicyclic amines) is 1. The summed E-state index contributed by atoms with van der Waals surface area (Å²) < 4.78 is 31.9. The van der Waals surface area contributed by atoms with Gasteiger partial charge in [0.25, 0.3) is 0 Å². The molecule has 0 spiro atoms. The molecule has 9 nitrogen and oxygen atoms in total. The molecule has 168 valence electrons. The summed E-state index contributed by atoms with van der Waals surface area (Å²) in [4.78, 5) is 17.4. The summed E-state index contributed by atoms with van der Waals surface area (Å²) in [6.45, 7) is 2.26. The van der Waals surface area contributed by atoms with Crippen molar-refractivity contribution in [2.45, 2.75) is 50.3 Å². The Bertz CT molecular complexity index is 1050. The lowest BCUT2D eigenvalue weighted by atomic mass is 10.1. The average Bonchev–Trinajstić information content (AvgIpc) is 3.53. The predicted molar refractivity (Wildman–Crippen MR) is 114 cm³/mol. The van der Waals surface area contributed by atoms with Crippen LogP contribution in [0.15, 0.2) is 24.4 Å². The highest BCUT2D eigenvalue weighted by molar-refractivity contribution is 7.91. The Kier molecular flexibility index (Phi) is 5.70. The average molecular weight is 448 g/mol. The van der Waals surface area contributed by atoms with Crippen LogP contribution in [0.25, 0.3) is 5.65 Å². The molecule has 0 radical (unpaired) electrons. The molecule has 2 aromatic rings. The molecule has 0 saturated carbocycles. The number of fused-ring (bicyclic) bond motifs is 1. The topological polar surface area (TPSA) is 97.1 Å². The van der Waals surface area contributed by atoms with E-state index in [1.54, 1.807) is 4.90 Å². The van der Waals surface area contributed by atoms with Crippen molar-refractivity contribution in [1.82, 2.24) is 24.4 Å². The van der Waals surface area contributed by atoms with E-state index < -0.39 is 9.84 Å². The number of carbonyl (C=O) groups is 1. The van der Waals surface area contributed by atoms with Crippen molar-refractivity contribution in [1.29, 1.82) is 0 Å². The van der Waals surface area contributed by atoms with Gasteiger partial charge in [0.1, 0.15) is 0 Å². The maximum atomic E-state index is 13.5. The second-order valence-electron chi connectivity index (χ2n) is 8.85. The molecule has 0 N–H and O–H groups in total. The van der Waals surface area contributed by atoms with E-state index in [4.69, 9.17) is 4.74 Å². The van der Waals surface area contributed by atoms with E-state index in [0.717, 1.165) is 43.7 Å². The lowest BCUT2D eigenvalue weighted by molar-refractivity contribution is -0.136. The van der Waals surface area contributed by atoms with Gasteiger partial charge in [-0.1, -0.05) is 6.07 Å². The van der Waals surface area contributed by atoms with Gasteiger partial charge in [-0.2, -0.15) is 0 Å². The maximum absolute atomic E-state index is 13.5. The minimum absolute atomic E-state index is 0.00192. The third-order valence-corrected chi connectivity index (χ3v) is 8.48. The predicted octanol–water partition coefficient (Wildman–Crippen LogP) is 1.06. The van der Waals surface area contributed by atoms with Crippen molar-refractivity contribution < 1.29 is 17.9 Å². The summed E-state index contributed by atoms with van der Waals surface area (Å²) in [5.74, 6) is 1.06. The minimum atomic E-state index is -3.08. The highest BCUT2D eigenvalue weighted by Crippen LogP contribution is 2.31. The van der Waals surface area contributed by atoms with Gasteiger partial charge in [0.05, 0.1) is 30.2 Å². The summed E-state index contributed by atoms with van der Waals surface area (Å²) in [6.07, 6.45) is 6.29. The van der Waals surface area contributed by atoms with E-state index in [2.05, 4.69) is 15.1 Å². The Balaban J connectivity index is 1.34. The summed E-state index contributed by atoms with van der Waals surface area (Å²) in [5, 5.41) is 8.67. The van der Waals surface area contributed by atoms with Crippen molar-refractivity contribution in [3.05, 3.63) is 30.2 Å². The van der Waals surface area contributed by atoms with Crippen LogP contribution in [0.2, 0.25) is 0 Å². The Morgan fingerprint density at radius 2 is 2.10 bits per heavy atom. The van der Waals surface area contributed by atoms with Crippen LogP contribution in [0.5, 0.6) is 0 Å². The van der Waals surface area contributed by atoms with Gasteiger partial charge in [0, 0.05) is 25.4 Å². The number of pyridine rings is 1. The lowest BCUT2D eigenvalue weighted by Gasteiger charge is -2.33. The molecule has 5 rings (SSSR count). The van der Waals surface area contributed by atoms with Crippen molar-refractivity contribution in [2.24, 2.45) is 0 Å². The van der Waals surface area contributed by atoms with Gasteiger partial charge >= 0.3 is 0 Å². The van der Waals surface area contributed by atoms with Gasteiger partial charge in [-0.3, -0.25) is 14.1 Å². The first-order valence-electron chi connectivity index (χ1n) is 11.2. The molecule has 3 aliphatic heterocycles. The molecular formula is C21H29N5O4S. The number of ether oxygens (including phenoxy) is 1. The van der Waals surface area contributed by atoms with Crippen molar-refractivity contribution >= 4 is 21.4 Å². The number of nitrogens with zero attached hydrogens (tertiary/aromatic N) is 5. The van der Waals surface area contributed by atoms with Crippen LogP contribution in [0.1, 0.15) is 44.0 Å². The van der Waals surface area contributed by atoms with E-state index in [9.17, 15) is 13.2 Å². The molecule has 1 amide bonds. The Labute approximate surface area is 182 Å². The zero-order chi connectivity index (χ0) is 21.4. The van der Waals surface area contributed by atoms with Crippen LogP contribution < -0.4 is 0 Å². The lowest BCUT2D eigenvalue weighted by Crippen LogP contribution is -2.49. The van der Waals surface area contributed by atoms with Crippen LogP contribution in [0, 0.1) is 0 Å². The van der Waals surface area contributed by atoms with E-state index >= 15 is 0 Å². The molecule has 0 unspecified atom stereocenters. The fourth-order valence-corrected chi connectivity index (χ4v) is 6.87. The number of hydrogen-bond donors (Lipinski definition) is 0. The molecule has 10 heteroatoms. The second-order valence-corrected chi connectivity index (χ2v) is 11.1. The van der Waals surface area contributed by atoms with Crippen LogP contribution >= 0.6 is 0 Å². The number of sulfone groups is 1. The maximum Gasteiger partial charge on any atom is 0.237 e. The monoisotopic (exact) mass is 447 g/mol. The second kappa shape index (κ2) is 8.48. The molecule has 2 aromatic heterocycles. The van der Waals surface area contributed by atoms with Crippen LogP contribution in [-0.4, -0.2) is 88.6 Å². The number of rotatable bonds is 6. The summed E-state index contributed by atoms with van der Waals surface area (Å²) in [7, 11) is -3.08. The van der Waals surface area contributed by atoms with Crippen molar-refractivity contribution in [3.8, 4) is 0 Å². The standard InChI is InChI=1S/C21H29N5O4S/c27-20(26(13-17-5-4-11-30-17)16-8-12-31(28,29)15-16)14-24-9-3-6-18(24)21-23-22-19-7-1-2-10-25(19)21/h1-2,7,10,16-18H,3-6,8-9,11-15H2/t16-,17-,18-/m1/s1. The molecule has 0 aliphatic carbocycles. The summed E-state index contributed by atoms with van der Waals surface area (Å²) in [5.41, 5.74) is 0.798. The van der Waals surface area contributed by atoms with Crippen LogP contribution in [0.4, 0.5) is 0 Å². The Morgan fingerprint density at radius 3 is 2.87 bits per heavy atom. The Hall–Kier alpha value is -2.04. The SMILES string of the molecule is O=C(CN1CCC[C@@H]1c1nnc2ccccn12)N(C[C@H]1CCCO1)[C@@H]1CCS(=O)(=O)C1. The fraction of sp³-hybridized carbons (Fsp3) is 0.667. The zero-order valence-corrected chi connectivity index (χ0v) is 18.4. The first kappa shape index (κ1) is 20.8. The van der Waals surface area contributed by atoms with Gasteiger partial charge in [0.2, 0.25) is 5.91 Å². The van der Waals surface area contributed by atoms with Gasteiger partial charge in [-0.15, -0.1) is 10.2 Å². The molecule has 3 fully saturated rings. The van der Waals surface area contributed by atoms with E-state index in [0.29, 0.717) is 19.6 Å². The third-order valence-electron chi connectivity index (χ3n) is 6.73. The van der Waals surface area contributed by atoms with Crippen molar-refractivity contribution in [2.75, 3.05) is 37.7 Å². The molecule has 0 aromatic carbocycles. The quantitative estimate of drug-likeness (QED) is 0.653. The number of amides is 1. The highest BCUT2D eigenvalue weighted by atomic mass is 32.2. The van der Waals surface area contributed by atoms with Crippen LogP contribution in [-0.2, 0) is 19.4 Å². The number of hydrogen-bond acceptors (Lipinski definition) is 7. The Morgan fingerprint density at radius 1 is 1.19 bits per heavy atom. The van der Waals surface area contributed by atoms with E-state index in [-0.39, 0.29) is 42.1 Å². The van der Waals surface area contributed by atoms with E-state index in [1.165, 1.54) is 0 Å². The third kappa shape index (κ3) is 4.33. The molecule has 3 atom stereocenters. The largest absolute Gasteiger partial charge is 0.376 e. The van der Waals surface area contributed by atoms with Crippen LogP contribution in [0.3, 0.4) is 0 Å². The van der Waals surface area contributed by atoms with E-state index in [1.807, 2.05) is 28.8 Å². The normalized spacial score (nSPS) is 28.5. The summed E-state index contributed by atoms with van der Waals surface area (Å²) >= 11 is 0. The molecule has 0 bridgehead atoms. The van der Waals surface area contributed by atoms with Crippen molar-refractivity contribution in [3.63, 3.8) is 0 Å². The summed E-state index contributed by atoms with van der Waals surface area (Å²) in [6, 6.07) is 5.58. The van der Waals surface area contributed by atoms with Gasteiger partial charge in [-0.25, -0.2) is 8.42 Å². The number of aromatic nitrogens is 3. The fourth-order valence-electron chi connectivity index (χ4n) is 5.14. The molecule has 31 heavy (non-hydrogen) atoms. The molecule has 3 aliphatic rings. The highest BCUT2D eigenvalue weighted by Gasteiger charge is 2.38. The van der Waals surface area contributed by atoms with Gasteiger partial charge in [-0.05, 0) is 50.8 Å². The number of carbonyl (C=O) groups excluding carboxylic acids is 1. The minimum Gasteiger partial charge on any atom is -0.376 e. The van der Waals surface area contributed by atoms with Gasteiger partial charge in [0.15, 0.2) is 21.3 Å². The molecule has 5 heterocycles. The smallest absolute Gasteiger partial charge is 0.237 e. The first-order valence-corrected chi connectivity index (χ1v) is 13.0. The zero-order valence-electron chi connectivity index (χ0n) is 17.6. The van der Waals surface area contributed by atoms with Gasteiger partial charge < -0.3 is 9.64 Å². The molecule has 3 saturated heterocycles. The first-order chi connectivity index (χ1) is 15.0.